The van der Waals surface area contributed by atoms with Gasteiger partial charge >= 0.3 is 5.97 Å². The molecule has 1 aromatic carbocycles. The van der Waals surface area contributed by atoms with Gasteiger partial charge in [0.05, 0.1) is 12.2 Å². The van der Waals surface area contributed by atoms with Crippen LogP contribution < -0.4 is 4.74 Å². The molecule has 0 amide bonds. The number of carbonyl (C=O) groups excluding carboxylic acids is 2. The van der Waals surface area contributed by atoms with E-state index in [0.29, 0.717) is 30.0 Å². The summed E-state index contributed by atoms with van der Waals surface area (Å²) in [6.45, 7) is 3.68. The minimum absolute atomic E-state index is 0.0985. The van der Waals surface area contributed by atoms with E-state index < -0.39 is 5.97 Å². The Bertz CT molecular complexity index is 615. The van der Waals surface area contributed by atoms with Gasteiger partial charge in [0.25, 0.3) is 5.88 Å². The Morgan fingerprint density at radius 3 is 2.65 bits per heavy atom. The fourth-order valence-corrected chi connectivity index (χ4v) is 1.55. The number of carbonyl (C=O) groups is 2. The molecule has 0 saturated carbocycles. The van der Waals surface area contributed by atoms with E-state index in [-0.39, 0.29) is 11.4 Å². The highest BCUT2D eigenvalue weighted by Gasteiger charge is 2.14. The van der Waals surface area contributed by atoms with Gasteiger partial charge < -0.3 is 14.0 Å². The maximum Gasteiger partial charge on any atom is 0.338 e. The van der Waals surface area contributed by atoms with E-state index in [0.717, 1.165) is 0 Å². The molecule has 0 N–H and O–H groups in total. The third kappa shape index (κ3) is 2.85. The monoisotopic (exact) mass is 275 g/mol. The van der Waals surface area contributed by atoms with Crippen molar-refractivity contribution in [1.82, 2.24) is 5.16 Å². The van der Waals surface area contributed by atoms with E-state index in [9.17, 15) is 9.59 Å². The van der Waals surface area contributed by atoms with Crippen molar-refractivity contribution in [3.8, 4) is 11.6 Å². The fourth-order valence-electron chi connectivity index (χ4n) is 1.55. The molecule has 0 atom stereocenters. The molecule has 0 radical (unpaired) electrons. The van der Waals surface area contributed by atoms with Crippen molar-refractivity contribution in [1.29, 1.82) is 0 Å². The largest absolute Gasteiger partial charge is 0.462 e. The summed E-state index contributed by atoms with van der Waals surface area (Å²) in [5.74, 6) is 0.527. The Balaban J connectivity index is 2.14. The number of hydrogen-bond acceptors (Lipinski definition) is 6. The second-order valence-corrected chi connectivity index (χ2v) is 3.92. The van der Waals surface area contributed by atoms with Crippen molar-refractivity contribution in [2.24, 2.45) is 0 Å². The highest BCUT2D eigenvalue weighted by atomic mass is 16.5. The molecule has 0 bridgehead atoms. The molecule has 1 heterocycles. The van der Waals surface area contributed by atoms with E-state index in [1.54, 1.807) is 38.1 Å². The number of nitrogens with zero attached hydrogens (tertiary/aromatic N) is 1. The Hall–Kier alpha value is -2.63. The van der Waals surface area contributed by atoms with Crippen LogP contribution in [-0.2, 0) is 4.74 Å². The van der Waals surface area contributed by atoms with Crippen molar-refractivity contribution < 1.29 is 23.6 Å². The molecular weight excluding hydrogens is 262 g/mol. The molecule has 2 aromatic rings. The Morgan fingerprint density at radius 2 is 2.05 bits per heavy atom. The van der Waals surface area contributed by atoms with E-state index in [4.69, 9.17) is 14.0 Å². The average molecular weight is 275 g/mol. The highest BCUT2D eigenvalue weighted by Crippen LogP contribution is 2.25. The lowest BCUT2D eigenvalue weighted by molar-refractivity contribution is 0.0526. The Labute approximate surface area is 115 Å². The Kier molecular flexibility index (Phi) is 4.14. The van der Waals surface area contributed by atoms with Crippen molar-refractivity contribution in [2.45, 2.75) is 13.8 Å². The fraction of sp³-hybridized carbons (Fsp3) is 0.214. The van der Waals surface area contributed by atoms with Crippen molar-refractivity contribution in [3.63, 3.8) is 0 Å². The molecule has 2 rings (SSSR count). The lowest BCUT2D eigenvalue weighted by Crippen LogP contribution is -2.04. The number of esters is 1. The molecule has 0 fully saturated rings. The van der Waals surface area contributed by atoms with Crippen LogP contribution in [0.3, 0.4) is 0 Å². The maximum atomic E-state index is 11.5. The van der Waals surface area contributed by atoms with Gasteiger partial charge in [0.15, 0.2) is 6.29 Å². The zero-order chi connectivity index (χ0) is 14.5. The van der Waals surface area contributed by atoms with Crippen LogP contribution in [0.15, 0.2) is 28.8 Å². The quantitative estimate of drug-likeness (QED) is 0.616. The molecule has 0 aliphatic carbocycles. The van der Waals surface area contributed by atoms with Crippen LogP contribution in [-0.4, -0.2) is 24.0 Å². The number of ether oxygens (including phenoxy) is 2. The average Bonchev–Trinajstić information content (AvgIpc) is 2.80. The molecular formula is C14H13NO5. The summed E-state index contributed by atoms with van der Waals surface area (Å²) in [5, 5.41) is 3.65. The molecule has 0 unspecified atom stereocenters. The van der Waals surface area contributed by atoms with Crippen molar-refractivity contribution in [2.75, 3.05) is 6.61 Å². The van der Waals surface area contributed by atoms with E-state index in [2.05, 4.69) is 5.16 Å². The first kappa shape index (κ1) is 13.8. The second kappa shape index (κ2) is 6.01. The third-order valence-electron chi connectivity index (χ3n) is 2.57. The van der Waals surface area contributed by atoms with Crippen molar-refractivity contribution in [3.05, 3.63) is 41.2 Å². The predicted molar refractivity (Wildman–Crippen MR) is 69.1 cm³/mol. The number of rotatable bonds is 5. The van der Waals surface area contributed by atoms with Gasteiger partial charge in [-0.1, -0.05) is 0 Å². The number of hydrogen-bond donors (Lipinski definition) is 0. The van der Waals surface area contributed by atoms with E-state index >= 15 is 0 Å². The Morgan fingerprint density at radius 1 is 1.35 bits per heavy atom. The topological polar surface area (TPSA) is 78.6 Å². The lowest BCUT2D eigenvalue weighted by Gasteiger charge is -2.04. The summed E-state index contributed by atoms with van der Waals surface area (Å²) >= 11 is 0. The molecule has 0 spiro atoms. The summed E-state index contributed by atoms with van der Waals surface area (Å²) in [7, 11) is 0. The summed E-state index contributed by atoms with van der Waals surface area (Å²) < 4.78 is 15.2. The van der Waals surface area contributed by atoms with Gasteiger partial charge in [-0.3, -0.25) is 4.79 Å². The molecule has 0 saturated heterocycles. The molecule has 6 nitrogen and oxygen atoms in total. The van der Waals surface area contributed by atoms with Crippen LogP contribution >= 0.6 is 0 Å². The SMILES string of the molecule is CCOC(=O)c1ccc(Oc2noc(C)c2C=O)cc1. The molecule has 1 aromatic heterocycles. The molecule has 6 heteroatoms. The van der Waals surface area contributed by atoms with Crippen LogP contribution in [0, 0.1) is 6.92 Å². The normalized spacial score (nSPS) is 10.1. The van der Waals surface area contributed by atoms with Gasteiger partial charge in [-0.15, -0.1) is 0 Å². The minimum atomic E-state index is -0.398. The summed E-state index contributed by atoms with van der Waals surface area (Å²) in [5.41, 5.74) is 0.686. The van der Waals surface area contributed by atoms with Crippen molar-refractivity contribution >= 4 is 12.3 Å². The molecule has 0 aliphatic rings. The van der Waals surface area contributed by atoms with Crippen LogP contribution in [0.1, 0.15) is 33.4 Å². The van der Waals surface area contributed by atoms with Crippen LogP contribution in [0.5, 0.6) is 11.6 Å². The number of benzene rings is 1. The first-order chi connectivity index (χ1) is 9.65. The summed E-state index contributed by atoms with van der Waals surface area (Å²) in [4.78, 5) is 22.4. The first-order valence-corrected chi connectivity index (χ1v) is 6.02. The van der Waals surface area contributed by atoms with Gasteiger partial charge in [0.1, 0.15) is 17.1 Å². The van der Waals surface area contributed by atoms with E-state index in [1.807, 2.05) is 0 Å². The first-order valence-electron chi connectivity index (χ1n) is 6.02. The standard InChI is InChI=1S/C14H13NO5/c1-3-18-14(17)10-4-6-11(7-5-10)19-13-12(8-16)9(2)20-15-13/h4-8H,3H2,1-2H3. The zero-order valence-corrected chi connectivity index (χ0v) is 11.1. The van der Waals surface area contributed by atoms with Crippen LogP contribution in [0.2, 0.25) is 0 Å². The summed E-state index contributed by atoms with van der Waals surface area (Å²) in [6, 6.07) is 6.32. The van der Waals surface area contributed by atoms with Crippen LogP contribution in [0.4, 0.5) is 0 Å². The van der Waals surface area contributed by atoms with Gasteiger partial charge in [0.2, 0.25) is 0 Å². The van der Waals surface area contributed by atoms with Gasteiger partial charge in [-0.25, -0.2) is 4.79 Å². The molecule has 20 heavy (non-hydrogen) atoms. The maximum absolute atomic E-state index is 11.5. The molecule has 0 aliphatic heterocycles. The third-order valence-corrected chi connectivity index (χ3v) is 2.57. The van der Waals surface area contributed by atoms with Gasteiger partial charge in [-0.2, -0.15) is 0 Å². The summed E-state index contributed by atoms with van der Waals surface area (Å²) in [6.07, 6.45) is 0.619. The van der Waals surface area contributed by atoms with Gasteiger partial charge in [0, 0.05) is 0 Å². The lowest BCUT2D eigenvalue weighted by atomic mass is 10.2. The second-order valence-electron chi connectivity index (χ2n) is 3.92. The number of aldehydes is 1. The van der Waals surface area contributed by atoms with Gasteiger partial charge in [-0.05, 0) is 43.3 Å². The number of aryl methyl sites for hydroxylation is 1. The highest BCUT2D eigenvalue weighted by molar-refractivity contribution is 5.89. The minimum Gasteiger partial charge on any atom is -0.462 e. The smallest absolute Gasteiger partial charge is 0.338 e. The van der Waals surface area contributed by atoms with E-state index in [1.165, 1.54) is 0 Å². The predicted octanol–water partition coefficient (Wildman–Crippen LogP) is 2.76. The number of aromatic nitrogens is 1. The van der Waals surface area contributed by atoms with Crippen LogP contribution in [0.25, 0.3) is 0 Å². The zero-order valence-electron chi connectivity index (χ0n) is 11.1. The molecule has 104 valence electrons.